The van der Waals surface area contributed by atoms with Gasteiger partial charge >= 0.3 is 5.97 Å². The molecular weight excluding hydrogens is 260 g/mol. The van der Waals surface area contributed by atoms with Crippen LogP contribution in [0.15, 0.2) is 18.2 Å². The van der Waals surface area contributed by atoms with E-state index in [1.807, 2.05) is 0 Å². The number of hydrogen-bond donors (Lipinski definition) is 0. The molecule has 1 rings (SSSR count). The van der Waals surface area contributed by atoms with Gasteiger partial charge in [-0.15, -0.1) is 0 Å². The Balaban J connectivity index is 2.88. The van der Waals surface area contributed by atoms with Crippen LogP contribution in [0.2, 0.25) is 5.02 Å². The van der Waals surface area contributed by atoms with Crippen molar-refractivity contribution in [3.63, 3.8) is 0 Å². The molecule has 18 heavy (non-hydrogen) atoms. The van der Waals surface area contributed by atoms with Gasteiger partial charge in [0.25, 0.3) is 5.69 Å². The Labute approximate surface area is 109 Å². The molecular formula is C11H13ClN2O4. The van der Waals surface area contributed by atoms with Crippen molar-refractivity contribution in [2.24, 2.45) is 0 Å². The van der Waals surface area contributed by atoms with Gasteiger partial charge in [0, 0.05) is 24.7 Å². The molecule has 0 atom stereocenters. The van der Waals surface area contributed by atoms with Crippen LogP contribution in [-0.4, -0.2) is 31.6 Å². The van der Waals surface area contributed by atoms with E-state index in [0.717, 1.165) is 0 Å². The van der Waals surface area contributed by atoms with Crippen molar-refractivity contribution in [2.45, 2.75) is 6.42 Å². The second-order valence-corrected chi connectivity index (χ2v) is 4.07. The largest absolute Gasteiger partial charge is 0.469 e. The molecule has 0 saturated heterocycles. The Morgan fingerprint density at radius 2 is 2.22 bits per heavy atom. The molecule has 98 valence electrons. The predicted octanol–water partition coefficient (Wildman–Crippen LogP) is 2.25. The van der Waals surface area contributed by atoms with E-state index in [1.54, 1.807) is 24.1 Å². The second-order valence-electron chi connectivity index (χ2n) is 3.64. The first kappa shape index (κ1) is 14.2. The van der Waals surface area contributed by atoms with Gasteiger partial charge in [0.1, 0.15) is 5.69 Å². The van der Waals surface area contributed by atoms with Crippen LogP contribution in [0.4, 0.5) is 11.4 Å². The van der Waals surface area contributed by atoms with Gasteiger partial charge in [0.15, 0.2) is 0 Å². The monoisotopic (exact) mass is 272 g/mol. The molecule has 0 heterocycles. The predicted molar refractivity (Wildman–Crippen MR) is 68.0 cm³/mol. The summed E-state index contributed by atoms with van der Waals surface area (Å²) in [5, 5.41) is 11.2. The number of anilines is 1. The summed E-state index contributed by atoms with van der Waals surface area (Å²) in [7, 11) is 2.96. The van der Waals surface area contributed by atoms with Gasteiger partial charge in [-0.1, -0.05) is 11.6 Å². The van der Waals surface area contributed by atoms with E-state index < -0.39 is 4.92 Å². The number of hydrogen-bond acceptors (Lipinski definition) is 5. The van der Waals surface area contributed by atoms with Crippen LogP contribution in [0.1, 0.15) is 6.42 Å². The average Bonchev–Trinajstić information content (AvgIpc) is 2.35. The third-order valence-electron chi connectivity index (χ3n) is 2.42. The van der Waals surface area contributed by atoms with Crippen molar-refractivity contribution in [1.82, 2.24) is 0 Å². The summed E-state index contributed by atoms with van der Waals surface area (Å²) < 4.78 is 4.51. The number of halogens is 1. The molecule has 0 saturated carbocycles. The summed E-state index contributed by atoms with van der Waals surface area (Å²) in [6.45, 7) is 0.329. The van der Waals surface area contributed by atoms with Crippen molar-refractivity contribution in [2.75, 3.05) is 25.6 Å². The quantitative estimate of drug-likeness (QED) is 0.467. The van der Waals surface area contributed by atoms with E-state index in [0.29, 0.717) is 17.3 Å². The van der Waals surface area contributed by atoms with Crippen molar-refractivity contribution < 1.29 is 14.5 Å². The lowest BCUT2D eigenvalue weighted by atomic mass is 10.2. The van der Waals surface area contributed by atoms with Gasteiger partial charge < -0.3 is 9.64 Å². The smallest absolute Gasteiger partial charge is 0.307 e. The molecule has 0 amide bonds. The Hall–Kier alpha value is -1.82. The Kier molecular flexibility index (Phi) is 4.91. The van der Waals surface area contributed by atoms with Gasteiger partial charge in [0.05, 0.1) is 18.5 Å². The molecule has 1 aromatic carbocycles. The summed E-state index contributed by atoms with van der Waals surface area (Å²) in [4.78, 5) is 23.0. The lowest BCUT2D eigenvalue weighted by Crippen LogP contribution is -2.22. The molecule has 0 spiro atoms. The Bertz CT molecular complexity index is 464. The van der Waals surface area contributed by atoms with Crippen LogP contribution < -0.4 is 4.90 Å². The van der Waals surface area contributed by atoms with Crippen LogP contribution in [0, 0.1) is 10.1 Å². The first-order valence-electron chi connectivity index (χ1n) is 5.17. The number of nitro groups is 1. The van der Waals surface area contributed by atoms with Crippen molar-refractivity contribution >= 4 is 28.9 Å². The molecule has 1 aromatic rings. The average molecular weight is 273 g/mol. The number of methoxy groups -OCH3 is 1. The van der Waals surface area contributed by atoms with Crippen LogP contribution in [0.25, 0.3) is 0 Å². The minimum absolute atomic E-state index is 0.0881. The molecule has 0 aliphatic heterocycles. The third-order valence-corrected chi connectivity index (χ3v) is 2.66. The van der Waals surface area contributed by atoms with Crippen molar-refractivity contribution in [3.05, 3.63) is 33.3 Å². The van der Waals surface area contributed by atoms with E-state index in [4.69, 9.17) is 11.6 Å². The molecule has 0 aromatic heterocycles. The maximum atomic E-state index is 11.0. The van der Waals surface area contributed by atoms with Gasteiger partial charge in [-0.2, -0.15) is 0 Å². The van der Waals surface area contributed by atoms with Crippen molar-refractivity contribution in [3.8, 4) is 0 Å². The number of nitro benzene ring substituents is 1. The van der Waals surface area contributed by atoms with E-state index in [2.05, 4.69) is 4.74 Å². The number of esters is 1. The minimum atomic E-state index is -0.504. The summed E-state index contributed by atoms with van der Waals surface area (Å²) in [5.74, 6) is -0.363. The number of benzene rings is 1. The number of carbonyl (C=O) groups is 1. The highest BCUT2D eigenvalue weighted by atomic mass is 35.5. The molecule has 0 radical (unpaired) electrons. The van der Waals surface area contributed by atoms with Crippen molar-refractivity contribution in [1.29, 1.82) is 0 Å². The minimum Gasteiger partial charge on any atom is -0.469 e. The molecule has 6 nitrogen and oxygen atoms in total. The van der Waals surface area contributed by atoms with Gasteiger partial charge in [-0.25, -0.2) is 0 Å². The molecule has 0 fully saturated rings. The van der Waals surface area contributed by atoms with E-state index in [1.165, 1.54) is 13.2 Å². The van der Waals surface area contributed by atoms with E-state index >= 15 is 0 Å². The standard InChI is InChI=1S/C11H13ClN2O4/c1-13(6-5-11(15)18-2)9-4-3-8(12)7-10(9)14(16)17/h3-4,7H,5-6H2,1-2H3. The summed E-state index contributed by atoms with van der Waals surface area (Å²) in [6, 6.07) is 4.40. The van der Waals surface area contributed by atoms with E-state index in [-0.39, 0.29) is 18.1 Å². The molecule has 7 heteroatoms. The lowest BCUT2D eigenvalue weighted by Gasteiger charge is -2.18. The molecule has 0 bridgehead atoms. The van der Waals surface area contributed by atoms with Gasteiger partial charge in [-0.3, -0.25) is 14.9 Å². The molecule has 0 aliphatic carbocycles. The summed E-state index contributed by atoms with van der Waals surface area (Å²) in [5.41, 5.74) is 0.322. The SMILES string of the molecule is COC(=O)CCN(C)c1ccc(Cl)cc1[N+](=O)[O-]. The second kappa shape index (κ2) is 6.20. The zero-order chi connectivity index (χ0) is 13.7. The maximum Gasteiger partial charge on any atom is 0.307 e. The molecule has 0 unspecified atom stereocenters. The number of rotatable bonds is 5. The highest BCUT2D eigenvalue weighted by Gasteiger charge is 2.18. The fourth-order valence-electron chi connectivity index (χ4n) is 1.45. The fourth-order valence-corrected chi connectivity index (χ4v) is 1.61. The topological polar surface area (TPSA) is 72.7 Å². The molecule has 0 aliphatic rings. The zero-order valence-corrected chi connectivity index (χ0v) is 10.8. The summed E-state index contributed by atoms with van der Waals surface area (Å²) in [6.07, 6.45) is 0.160. The number of carbonyl (C=O) groups excluding carboxylic acids is 1. The zero-order valence-electron chi connectivity index (χ0n) is 10.1. The van der Waals surface area contributed by atoms with Crippen LogP contribution in [0.3, 0.4) is 0 Å². The first-order chi connectivity index (χ1) is 8.45. The summed E-state index contributed by atoms with van der Waals surface area (Å²) >= 11 is 5.72. The van der Waals surface area contributed by atoms with Crippen LogP contribution in [0.5, 0.6) is 0 Å². The fraction of sp³-hybridized carbons (Fsp3) is 0.364. The molecule has 0 N–H and O–H groups in total. The Morgan fingerprint density at radius 3 is 2.78 bits per heavy atom. The highest BCUT2D eigenvalue weighted by Crippen LogP contribution is 2.30. The normalized spacial score (nSPS) is 9.94. The van der Waals surface area contributed by atoms with Crippen LogP contribution in [-0.2, 0) is 9.53 Å². The maximum absolute atomic E-state index is 11.0. The van der Waals surface area contributed by atoms with Crippen LogP contribution >= 0.6 is 11.6 Å². The van der Waals surface area contributed by atoms with Gasteiger partial charge in [-0.05, 0) is 12.1 Å². The third kappa shape index (κ3) is 3.59. The van der Waals surface area contributed by atoms with E-state index in [9.17, 15) is 14.9 Å². The number of nitrogens with zero attached hydrogens (tertiary/aromatic N) is 2. The first-order valence-corrected chi connectivity index (χ1v) is 5.55. The van der Waals surface area contributed by atoms with Gasteiger partial charge in [0.2, 0.25) is 0 Å². The lowest BCUT2D eigenvalue weighted by molar-refractivity contribution is -0.384. The highest BCUT2D eigenvalue weighted by molar-refractivity contribution is 6.30. The number of ether oxygens (including phenoxy) is 1. The Morgan fingerprint density at radius 1 is 1.56 bits per heavy atom.